The number of carbonyl (C=O) groups excluding carboxylic acids is 3. The van der Waals surface area contributed by atoms with E-state index in [9.17, 15) is 19.5 Å². The van der Waals surface area contributed by atoms with E-state index in [1.807, 2.05) is 6.08 Å². The molecule has 0 aromatic carbocycles. The van der Waals surface area contributed by atoms with Crippen LogP contribution in [0.1, 0.15) is 149 Å². The molecule has 0 fully saturated rings. The smallest absolute Gasteiger partial charge is 0.306 e. The molecule has 2 unspecified atom stereocenters. The molecule has 8 heteroatoms. The fourth-order valence-corrected chi connectivity index (χ4v) is 5.47. The van der Waals surface area contributed by atoms with Gasteiger partial charge in [0.25, 0.3) is 0 Å². The normalized spacial score (nSPS) is 13.6. The van der Waals surface area contributed by atoms with Crippen LogP contribution in [-0.2, 0) is 28.6 Å². The van der Waals surface area contributed by atoms with Crippen molar-refractivity contribution in [3.63, 3.8) is 0 Å². The summed E-state index contributed by atoms with van der Waals surface area (Å²) in [6, 6.07) is -0.732. The van der Waals surface area contributed by atoms with Gasteiger partial charge in [-0.2, -0.15) is 0 Å². The number of rotatable bonds is 35. The van der Waals surface area contributed by atoms with Gasteiger partial charge in [-0.15, -0.1) is 0 Å². The maximum absolute atomic E-state index is 12.6. The molecule has 0 bridgehead atoms. The number of esters is 2. The zero-order valence-corrected chi connectivity index (χ0v) is 33.7. The molecule has 0 aliphatic carbocycles. The molecule has 0 amide bonds. The second-order valence-corrected chi connectivity index (χ2v) is 14.6. The summed E-state index contributed by atoms with van der Waals surface area (Å²) in [5, 5.41) is 11.6. The van der Waals surface area contributed by atoms with Crippen molar-refractivity contribution in [2.45, 2.75) is 161 Å². The maximum Gasteiger partial charge on any atom is 0.306 e. The first-order valence-electron chi connectivity index (χ1n) is 20.4. The summed E-state index contributed by atoms with van der Waals surface area (Å²) < 4.78 is 17.1. The molecule has 2 atom stereocenters. The largest absolute Gasteiger partial charge is 0.544 e. The minimum Gasteiger partial charge on any atom is -0.544 e. The van der Waals surface area contributed by atoms with Crippen molar-refractivity contribution in [2.24, 2.45) is 0 Å². The average Bonchev–Trinajstić information content (AvgIpc) is 3.09. The predicted octanol–water partition coefficient (Wildman–Crippen LogP) is 9.30. The molecular weight excluding hydrogens is 654 g/mol. The summed E-state index contributed by atoms with van der Waals surface area (Å²) >= 11 is 0. The quantitative estimate of drug-likeness (QED) is 0.0211. The number of likely N-dealkylation sites (N-methyl/N-ethyl adjacent to an activating group) is 1. The zero-order valence-electron chi connectivity index (χ0n) is 33.7. The van der Waals surface area contributed by atoms with Gasteiger partial charge in [0.2, 0.25) is 0 Å². The Morgan fingerprint density at radius 1 is 0.577 bits per heavy atom. The SMILES string of the molecule is CCCC/C=C/CCCCCCC(=O)OC(COCCC(C(=O)[O-])[N+](C)(C)C)COC(=O)CCCCCCC/C=C/C=C/C=C/C=C/CCCCC. The molecule has 0 saturated heterocycles. The zero-order chi connectivity index (χ0) is 38.5. The van der Waals surface area contributed by atoms with Crippen molar-refractivity contribution in [1.29, 1.82) is 0 Å². The van der Waals surface area contributed by atoms with E-state index < -0.39 is 18.1 Å². The fraction of sp³-hybridized carbons (Fsp3) is 0.705. The van der Waals surface area contributed by atoms with Gasteiger partial charge in [0, 0.05) is 19.3 Å². The van der Waals surface area contributed by atoms with E-state index in [0.29, 0.717) is 12.8 Å². The average molecular weight is 730 g/mol. The second-order valence-electron chi connectivity index (χ2n) is 14.6. The van der Waals surface area contributed by atoms with Gasteiger partial charge in [0.1, 0.15) is 12.6 Å². The maximum atomic E-state index is 12.6. The van der Waals surface area contributed by atoms with Crippen LogP contribution < -0.4 is 5.11 Å². The van der Waals surface area contributed by atoms with E-state index in [4.69, 9.17) is 14.2 Å². The minimum atomic E-state index is -1.13. The van der Waals surface area contributed by atoms with E-state index >= 15 is 0 Å². The first kappa shape index (κ1) is 49.0. The van der Waals surface area contributed by atoms with E-state index in [1.165, 1.54) is 32.1 Å². The number of nitrogens with zero attached hydrogens (tertiary/aromatic N) is 1. The number of ether oxygens (including phenoxy) is 3. The molecule has 0 aromatic heterocycles. The highest BCUT2D eigenvalue weighted by atomic mass is 16.6. The van der Waals surface area contributed by atoms with Crippen molar-refractivity contribution in [3.05, 3.63) is 60.8 Å². The molecule has 0 aliphatic heterocycles. The van der Waals surface area contributed by atoms with Crippen LogP contribution >= 0.6 is 0 Å². The van der Waals surface area contributed by atoms with Gasteiger partial charge in [-0.25, -0.2) is 0 Å². The molecule has 8 nitrogen and oxygen atoms in total. The van der Waals surface area contributed by atoms with Crippen LogP contribution in [0.25, 0.3) is 0 Å². The molecule has 0 radical (unpaired) electrons. The Morgan fingerprint density at radius 2 is 1.06 bits per heavy atom. The number of unbranched alkanes of at least 4 members (excludes halogenated alkanes) is 14. The third-order valence-electron chi connectivity index (χ3n) is 8.72. The molecule has 0 spiro atoms. The highest BCUT2D eigenvalue weighted by Gasteiger charge is 2.25. The Hall–Kier alpha value is -2.97. The van der Waals surface area contributed by atoms with Crippen LogP contribution in [0.2, 0.25) is 0 Å². The lowest BCUT2D eigenvalue weighted by atomic mass is 10.1. The Bertz CT molecular complexity index is 1040. The summed E-state index contributed by atoms with van der Waals surface area (Å²) in [7, 11) is 5.38. The second kappa shape index (κ2) is 35.1. The molecule has 0 heterocycles. The summed E-state index contributed by atoms with van der Waals surface area (Å²) in [5.41, 5.74) is 0. The molecule has 0 N–H and O–H groups in total. The summed E-state index contributed by atoms with van der Waals surface area (Å²) in [6.45, 7) is 4.52. The molecule has 0 aliphatic rings. The Kier molecular flexibility index (Phi) is 33.1. The van der Waals surface area contributed by atoms with Gasteiger partial charge in [-0.3, -0.25) is 9.59 Å². The van der Waals surface area contributed by atoms with E-state index in [1.54, 1.807) is 21.1 Å². The van der Waals surface area contributed by atoms with Gasteiger partial charge in [0.15, 0.2) is 6.10 Å². The summed E-state index contributed by atoms with van der Waals surface area (Å²) in [4.78, 5) is 36.7. The third kappa shape index (κ3) is 32.9. The van der Waals surface area contributed by atoms with Gasteiger partial charge >= 0.3 is 11.9 Å². The van der Waals surface area contributed by atoms with Crippen molar-refractivity contribution >= 4 is 17.9 Å². The Balaban J connectivity index is 4.42. The number of aliphatic carboxylic acids is 1. The van der Waals surface area contributed by atoms with Crippen LogP contribution in [-0.4, -0.2) is 75.5 Å². The minimum absolute atomic E-state index is 0.0256. The van der Waals surface area contributed by atoms with Crippen molar-refractivity contribution in [2.75, 3.05) is 41.0 Å². The number of hydrogen-bond acceptors (Lipinski definition) is 7. The van der Waals surface area contributed by atoms with E-state index in [-0.39, 0.29) is 42.7 Å². The number of hydrogen-bond donors (Lipinski definition) is 0. The number of carbonyl (C=O) groups is 3. The topological polar surface area (TPSA) is 102 Å². The number of allylic oxidation sites excluding steroid dienone is 10. The number of carboxylic acid groups (broad SMARTS) is 1. The van der Waals surface area contributed by atoms with Crippen molar-refractivity contribution in [3.8, 4) is 0 Å². The van der Waals surface area contributed by atoms with E-state index in [0.717, 1.165) is 83.5 Å². The first-order valence-corrected chi connectivity index (χ1v) is 20.4. The lowest BCUT2D eigenvalue weighted by Gasteiger charge is -2.34. The van der Waals surface area contributed by atoms with Crippen LogP contribution in [0, 0.1) is 0 Å². The van der Waals surface area contributed by atoms with E-state index in [2.05, 4.69) is 68.5 Å². The van der Waals surface area contributed by atoms with Gasteiger partial charge < -0.3 is 28.6 Å². The monoisotopic (exact) mass is 730 g/mol. The van der Waals surface area contributed by atoms with Crippen LogP contribution in [0.15, 0.2) is 60.8 Å². The number of carboxylic acids is 1. The molecule has 298 valence electrons. The van der Waals surface area contributed by atoms with Gasteiger partial charge in [-0.1, -0.05) is 132 Å². The highest BCUT2D eigenvalue weighted by molar-refractivity contribution is 5.70. The molecule has 0 rings (SSSR count). The number of quaternary nitrogens is 1. The van der Waals surface area contributed by atoms with Crippen LogP contribution in [0.3, 0.4) is 0 Å². The molecular formula is C44H75NO7. The Labute approximate surface area is 318 Å². The first-order chi connectivity index (χ1) is 25.1. The van der Waals surface area contributed by atoms with Crippen LogP contribution in [0.5, 0.6) is 0 Å². The molecule has 0 aromatic rings. The highest BCUT2D eigenvalue weighted by Crippen LogP contribution is 2.12. The summed E-state index contributed by atoms with van der Waals surface area (Å²) in [6.07, 6.45) is 41.0. The molecule has 0 saturated carbocycles. The predicted molar refractivity (Wildman–Crippen MR) is 212 cm³/mol. The third-order valence-corrected chi connectivity index (χ3v) is 8.72. The van der Waals surface area contributed by atoms with Crippen LogP contribution in [0.4, 0.5) is 0 Å². The Morgan fingerprint density at radius 3 is 1.62 bits per heavy atom. The van der Waals surface area contributed by atoms with Crippen molar-refractivity contribution in [1.82, 2.24) is 0 Å². The van der Waals surface area contributed by atoms with Gasteiger partial charge in [0.05, 0.1) is 40.3 Å². The fourth-order valence-electron chi connectivity index (χ4n) is 5.47. The standard InChI is InChI=1S/C44H75NO7/c1-6-8-10-12-14-16-18-19-20-21-22-23-24-25-27-28-30-32-34-42(46)51-39-40(38-50-37-36-41(44(48)49)45(3,4)5)52-43(47)35-33-31-29-26-17-15-13-11-9-7-2/h13-16,18-23,40-41H,6-12,17,24-39H2,1-5H3/b15-13+,16-14+,19-18+,21-20+,23-22+. The summed E-state index contributed by atoms with van der Waals surface area (Å²) in [5.74, 6) is -1.79. The lowest BCUT2D eigenvalue weighted by molar-refractivity contribution is -0.889. The lowest BCUT2D eigenvalue weighted by Crippen LogP contribution is -2.55. The van der Waals surface area contributed by atoms with Crippen molar-refractivity contribution < 1.29 is 38.2 Å². The molecule has 52 heavy (non-hydrogen) atoms. The van der Waals surface area contributed by atoms with Gasteiger partial charge in [-0.05, 0) is 57.8 Å².